The zero-order valence-corrected chi connectivity index (χ0v) is 15.1. The fraction of sp³-hybridized carbons (Fsp3) is 0.182. The molecule has 1 atom stereocenters. The van der Waals surface area contributed by atoms with E-state index in [1.807, 2.05) is 73.2 Å². The summed E-state index contributed by atoms with van der Waals surface area (Å²) in [4.78, 5) is 0. The van der Waals surface area contributed by atoms with Crippen LogP contribution in [0.2, 0.25) is 0 Å². The first-order chi connectivity index (χ1) is 12.4. The van der Waals surface area contributed by atoms with Crippen LogP contribution < -0.4 is 0 Å². The lowest BCUT2D eigenvalue weighted by molar-refractivity contribution is -0.738. The van der Waals surface area contributed by atoms with Crippen molar-refractivity contribution < 1.29 is 8.87 Å². The molecule has 2 aliphatic heterocycles. The van der Waals surface area contributed by atoms with Crippen molar-refractivity contribution in [2.45, 2.75) is 26.3 Å². The van der Waals surface area contributed by atoms with Crippen LogP contribution in [0, 0.1) is 5.82 Å². The van der Waals surface area contributed by atoms with Gasteiger partial charge in [0.25, 0.3) is 5.84 Å². The van der Waals surface area contributed by atoms with Gasteiger partial charge in [0.05, 0.1) is 0 Å². The minimum Gasteiger partial charge on any atom is -0.206 e. The van der Waals surface area contributed by atoms with Gasteiger partial charge in [0.15, 0.2) is 0 Å². The zero-order chi connectivity index (χ0) is 18.4. The highest BCUT2D eigenvalue weighted by Gasteiger charge is 2.46. The van der Waals surface area contributed by atoms with Crippen molar-refractivity contribution in [3.05, 3.63) is 78.3 Å². The molecular formula is C22H21FN3+. The summed E-state index contributed by atoms with van der Waals surface area (Å²) in [6, 6.07) is 15.1. The fourth-order valence-corrected chi connectivity index (χ4v) is 3.44. The number of hydrogen-bond acceptors (Lipinski definition) is 2. The van der Waals surface area contributed by atoms with Crippen molar-refractivity contribution in [3.8, 4) is 11.1 Å². The molecule has 26 heavy (non-hydrogen) atoms. The largest absolute Gasteiger partial charge is 0.258 e. The van der Waals surface area contributed by atoms with Gasteiger partial charge in [0.1, 0.15) is 17.6 Å². The van der Waals surface area contributed by atoms with E-state index in [0.29, 0.717) is 15.6 Å². The molecule has 0 aliphatic carbocycles. The van der Waals surface area contributed by atoms with Gasteiger partial charge in [-0.3, -0.25) is 0 Å². The van der Waals surface area contributed by atoms with E-state index in [4.69, 9.17) is 0 Å². The first-order valence-corrected chi connectivity index (χ1v) is 8.69. The molecule has 2 aromatic rings. The number of fused-ring (bicyclic) bond motifs is 1. The smallest absolute Gasteiger partial charge is 0.206 e. The molecule has 2 aromatic carbocycles. The van der Waals surface area contributed by atoms with Crippen LogP contribution in [0.1, 0.15) is 26.3 Å². The van der Waals surface area contributed by atoms with Crippen LogP contribution in [-0.2, 0) is 0 Å². The molecule has 3 nitrogen and oxygen atoms in total. The van der Waals surface area contributed by atoms with Gasteiger partial charge < -0.3 is 0 Å². The second-order valence-corrected chi connectivity index (χ2v) is 7.59. The van der Waals surface area contributed by atoms with Crippen molar-refractivity contribution in [1.82, 2.24) is 0 Å². The van der Waals surface area contributed by atoms with Crippen LogP contribution in [0.3, 0.4) is 0 Å². The van der Waals surface area contributed by atoms with Crippen LogP contribution in [0.25, 0.3) is 16.7 Å². The topological polar surface area (TPSA) is 24.7 Å². The molecule has 0 amide bonds. The van der Waals surface area contributed by atoms with Gasteiger partial charge in [-0.1, -0.05) is 58.7 Å². The minimum absolute atomic E-state index is 0.123. The summed E-state index contributed by atoms with van der Waals surface area (Å²) < 4.78 is 15.7. The lowest BCUT2D eigenvalue weighted by Gasteiger charge is -2.39. The predicted molar refractivity (Wildman–Crippen MR) is 105 cm³/mol. The molecule has 4 rings (SSSR count). The number of quaternary nitrogens is 1. The van der Waals surface area contributed by atoms with E-state index in [1.165, 1.54) is 0 Å². The second kappa shape index (κ2) is 5.85. The molecular weight excluding hydrogens is 325 g/mol. The van der Waals surface area contributed by atoms with E-state index in [2.05, 4.69) is 31.0 Å². The minimum atomic E-state index is -0.218. The third kappa shape index (κ3) is 2.45. The third-order valence-corrected chi connectivity index (χ3v) is 5.05. The number of allylic oxidation sites excluding steroid dienone is 2. The normalized spacial score (nSPS) is 21.4. The zero-order valence-electron chi connectivity index (χ0n) is 15.1. The van der Waals surface area contributed by atoms with Crippen molar-refractivity contribution in [1.29, 1.82) is 0 Å². The lowest BCUT2D eigenvalue weighted by Crippen LogP contribution is -2.57. The summed E-state index contributed by atoms with van der Waals surface area (Å²) in [6.45, 7) is 6.42. The standard InChI is InChI=1S/C22H21FN3/c1-22(2,3)26-13-12-17(14-20(26)25-24-15-26)19-11-7-10-18(21(19)23)16-8-5-4-6-9-16/h4-15H,1-3H3/q+1. The molecule has 0 spiro atoms. The Labute approximate surface area is 153 Å². The Morgan fingerprint density at radius 2 is 1.65 bits per heavy atom. The Kier molecular flexibility index (Phi) is 3.74. The number of amidine groups is 1. The summed E-state index contributed by atoms with van der Waals surface area (Å²) in [5.41, 5.74) is 2.73. The lowest BCUT2D eigenvalue weighted by atomic mass is 9.94. The molecule has 2 aliphatic rings. The van der Waals surface area contributed by atoms with E-state index in [-0.39, 0.29) is 11.4 Å². The Morgan fingerprint density at radius 1 is 0.923 bits per heavy atom. The molecule has 0 N–H and O–H groups in total. The van der Waals surface area contributed by atoms with Gasteiger partial charge in [0.2, 0.25) is 6.34 Å². The van der Waals surface area contributed by atoms with E-state index < -0.39 is 0 Å². The average molecular weight is 346 g/mol. The molecule has 2 heterocycles. The van der Waals surface area contributed by atoms with Crippen LogP contribution in [-0.4, -0.2) is 22.2 Å². The number of halogens is 1. The monoisotopic (exact) mass is 346 g/mol. The SMILES string of the molecule is CC(C)(C)[N+]12C=CC(c3cccc(-c4ccccc4)c3F)=CC1=NN=C2. The van der Waals surface area contributed by atoms with E-state index in [1.54, 1.807) is 0 Å². The fourth-order valence-electron chi connectivity index (χ4n) is 3.44. The van der Waals surface area contributed by atoms with Crippen molar-refractivity contribution >= 4 is 17.7 Å². The van der Waals surface area contributed by atoms with Gasteiger partial charge in [-0.25, -0.2) is 4.39 Å². The third-order valence-electron chi connectivity index (χ3n) is 5.05. The van der Waals surface area contributed by atoms with Crippen molar-refractivity contribution in [2.75, 3.05) is 0 Å². The highest BCUT2D eigenvalue weighted by molar-refractivity contribution is 6.03. The number of benzene rings is 2. The Morgan fingerprint density at radius 3 is 2.38 bits per heavy atom. The Balaban J connectivity index is 1.79. The summed E-state index contributed by atoms with van der Waals surface area (Å²) in [6.07, 6.45) is 7.77. The highest BCUT2D eigenvalue weighted by atomic mass is 19.1. The molecule has 0 saturated carbocycles. The quantitative estimate of drug-likeness (QED) is 0.653. The van der Waals surface area contributed by atoms with Gasteiger partial charge in [-0.2, -0.15) is 4.48 Å². The van der Waals surface area contributed by atoms with Crippen molar-refractivity contribution in [2.24, 2.45) is 10.2 Å². The molecule has 0 radical (unpaired) electrons. The summed E-state index contributed by atoms with van der Waals surface area (Å²) in [7, 11) is 0. The van der Waals surface area contributed by atoms with E-state index >= 15 is 4.39 Å². The first-order valence-electron chi connectivity index (χ1n) is 8.69. The molecule has 0 saturated heterocycles. The van der Waals surface area contributed by atoms with Gasteiger partial charge in [-0.15, -0.1) is 0 Å². The number of hydrogen-bond donors (Lipinski definition) is 0. The van der Waals surface area contributed by atoms with Gasteiger partial charge in [0, 0.05) is 23.3 Å². The summed E-state index contributed by atoms with van der Waals surface area (Å²) >= 11 is 0. The molecule has 130 valence electrons. The van der Waals surface area contributed by atoms with E-state index in [9.17, 15) is 0 Å². The number of rotatable bonds is 2. The second-order valence-electron chi connectivity index (χ2n) is 7.59. The summed E-state index contributed by atoms with van der Waals surface area (Å²) in [5, 5.41) is 8.42. The van der Waals surface area contributed by atoms with Crippen LogP contribution in [0.4, 0.5) is 4.39 Å². The molecule has 0 fully saturated rings. The van der Waals surface area contributed by atoms with Gasteiger partial charge in [-0.05, 0) is 31.9 Å². The highest BCUT2D eigenvalue weighted by Crippen LogP contribution is 2.36. The van der Waals surface area contributed by atoms with Crippen LogP contribution >= 0.6 is 0 Å². The van der Waals surface area contributed by atoms with Crippen LogP contribution in [0.15, 0.2) is 77.1 Å². The average Bonchev–Trinajstić information content (AvgIpc) is 3.07. The molecule has 1 unspecified atom stereocenters. The maximum absolute atomic E-state index is 15.3. The van der Waals surface area contributed by atoms with Gasteiger partial charge >= 0.3 is 0 Å². The number of nitrogens with zero attached hydrogens (tertiary/aromatic N) is 3. The maximum atomic E-state index is 15.3. The molecule has 4 heteroatoms. The first kappa shape index (κ1) is 16.6. The van der Waals surface area contributed by atoms with Crippen molar-refractivity contribution in [3.63, 3.8) is 0 Å². The van der Waals surface area contributed by atoms with E-state index in [0.717, 1.165) is 17.0 Å². The van der Waals surface area contributed by atoms with Crippen LogP contribution in [0.5, 0.6) is 0 Å². The Bertz CT molecular complexity index is 978. The summed E-state index contributed by atoms with van der Waals surface area (Å²) in [5.74, 6) is 0.587. The molecule has 0 bridgehead atoms. The predicted octanol–water partition coefficient (Wildman–Crippen LogP) is 5.37. The molecule has 0 aromatic heterocycles. The Hall–Kier alpha value is -2.85. The maximum Gasteiger partial charge on any atom is 0.258 e.